The normalized spacial score (nSPS) is 12.7. The Kier molecular flexibility index (Phi) is 6.80. The first-order valence-electron chi connectivity index (χ1n) is 8.32. The molecule has 0 aliphatic rings. The number of aryl methyl sites for hydroxylation is 2. The van der Waals surface area contributed by atoms with Crippen molar-refractivity contribution in [3.8, 4) is 0 Å². The molecule has 0 aliphatic heterocycles. The highest BCUT2D eigenvalue weighted by molar-refractivity contribution is 5.76. The van der Waals surface area contributed by atoms with Crippen LogP contribution in [0.3, 0.4) is 0 Å². The highest BCUT2D eigenvalue weighted by Crippen LogP contribution is 2.29. The number of carbonyl (C=O) groups excluding carboxylic acids is 1. The smallest absolute Gasteiger partial charge is 0.375 e. The number of amides is 1. The van der Waals surface area contributed by atoms with Gasteiger partial charge in [-0.2, -0.15) is 13.2 Å². The predicted molar refractivity (Wildman–Crippen MR) is 93.7 cm³/mol. The van der Waals surface area contributed by atoms with Crippen molar-refractivity contribution in [2.45, 2.75) is 32.0 Å². The Hall–Kier alpha value is -2.34. The molecular weight excluding hydrogens is 343 g/mol. The molecule has 0 saturated heterocycles. The monoisotopic (exact) mass is 365 g/mol. The van der Waals surface area contributed by atoms with Crippen LogP contribution < -0.4 is 5.32 Å². The third-order valence-electron chi connectivity index (χ3n) is 4.23. The molecule has 0 saturated carbocycles. The van der Waals surface area contributed by atoms with Gasteiger partial charge in [0.05, 0.1) is 11.7 Å². The second-order valence-electron chi connectivity index (χ2n) is 6.08. The van der Waals surface area contributed by atoms with Gasteiger partial charge >= 0.3 is 6.18 Å². The van der Waals surface area contributed by atoms with Crippen molar-refractivity contribution in [1.29, 1.82) is 0 Å². The van der Waals surface area contributed by atoms with Crippen molar-refractivity contribution >= 4 is 5.91 Å². The van der Waals surface area contributed by atoms with Gasteiger partial charge in [-0.15, -0.1) is 0 Å². The number of alkyl halides is 3. The van der Waals surface area contributed by atoms with Crippen LogP contribution in [0.4, 0.5) is 13.2 Å². The highest BCUT2D eigenvalue weighted by Gasteiger charge is 2.29. The Morgan fingerprint density at radius 2 is 1.77 bits per heavy atom. The Labute approximate surface area is 151 Å². The van der Waals surface area contributed by atoms with Crippen molar-refractivity contribution in [1.82, 2.24) is 5.32 Å². The SMILES string of the molecule is CO[C@H](CNC(=O)CCc1ccc(C(F)(F)F)cc1)c1ccccc1C. The fraction of sp³-hybridized carbons (Fsp3) is 0.350. The number of rotatable bonds is 7. The first kappa shape index (κ1) is 20.0. The van der Waals surface area contributed by atoms with E-state index in [2.05, 4.69) is 5.32 Å². The summed E-state index contributed by atoms with van der Waals surface area (Å²) >= 11 is 0. The molecule has 0 aliphatic carbocycles. The standard InChI is InChI=1S/C20H22F3NO2/c1-14-5-3-4-6-17(14)18(26-2)13-24-19(25)12-9-15-7-10-16(11-8-15)20(21,22)23/h3-8,10-11,18H,9,12-13H2,1-2H3,(H,24,25)/t18-/m1/s1. The quantitative estimate of drug-likeness (QED) is 0.787. The molecule has 0 spiro atoms. The Morgan fingerprint density at radius 3 is 2.35 bits per heavy atom. The third kappa shape index (κ3) is 5.59. The van der Waals surface area contributed by atoms with E-state index in [0.29, 0.717) is 18.5 Å². The number of methoxy groups -OCH3 is 1. The lowest BCUT2D eigenvalue weighted by Gasteiger charge is -2.18. The van der Waals surface area contributed by atoms with E-state index < -0.39 is 11.7 Å². The molecule has 6 heteroatoms. The van der Waals surface area contributed by atoms with E-state index in [9.17, 15) is 18.0 Å². The van der Waals surface area contributed by atoms with E-state index in [-0.39, 0.29) is 18.4 Å². The van der Waals surface area contributed by atoms with Crippen LogP contribution in [0.15, 0.2) is 48.5 Å². The Bertz CT molecular complexity index is 727. The molecule has 1 atom stereocenters. The van der Waals surface area contributed by atoms with Crippen LogP contribution in [-0.4, -0.2) is 19.6 Å². The first-order chi connectivity index (χ1) is 12.3. The average molecular weight is 365 g/mol. The van der Waals surface area contributed by atoms with Crippen LogP contribution in [0, 0.1) is 6.92 Å². The summed E-state index contributed by atoms with van der Waals surface area (Å²) in [5.41, 5.74) is 2.10. The molecule has 2 rings (SSSR count). The van der Waals surface area contributed by atoms with Crippen LogP contribution in [0.5, 0.6) is 0 Å². The lowest BCUT2D eigenvalue weighted by atomic mass is 10.0. The molecular formula is C20H22F3NO2. The molecule has 2 aromatic rings. The number of hydrogen-bond acceptors (Lipinski definition) is 2. The Morgan fingerprint density at radius 1 is 1.12 bits per heavy atom. The van der Waals surface area contributed by atoms with Crippen LogP contribution in [0.1, 0.15) is 34.8 Å². The number of halogens is 3. The number of benzene rings is 2. The lowest BCUT2D eigenvalue weighted by molar-refractivity contribution is -0.137. The van der Waals surface area contributed by atoms with Gasteiger partial charge in [0.15, 0.2) is 0 Å². The maximum absolute atomic E-state index is 12.5. The van der Waals surface area contributed by atoms with Gasteiger partial charge in [0.2, 0.25) is 5.91 Å². The Balaban J connectivity index is 1.84. The predicted octanol–water partition coefficient (Wildman–Crippen LogP) is 4.45. The summed E-state index contributed by atoms with van der Waals surface area (Å²) in [6.45, 7) is 2.32. The summed E-state index contributed by atoms with van der Waals surface area (Å²) in [5, 5.41) is 2.82. The molecule has 140 valence electrons. The molecule has 0 aromatic heterocycles. The zero-order valence-corrected chi connectivity index (χ0v) is 14.8. The molecule has 0 unspecified atom stereocenters. The van der Waals surface area contributed by atoms with E-state index in [1.807, 2.05) is 31.2 Å². The number of hydrogen-bond donors (Lipinski definition) is 1. The van der Waals surface area contributed by atoms with Crippen molar-refractivity contribution in [3.63, 3.8) is 0 Å². The highest BCUT2D eigenvalue weighted by atomic mass is 19.4. The van der Waals surface area contributed by atoms with E-state index in [1.54, 1.807) is 7.11 Å². The minimum absolute atomic E-state index is 0.166. The molecule has 1 amide bonds. The van der Waals surface area contributed by atoms with Gasteiger partial charge in [-0.1, -0.05) is 36.4 Å². The molecule has 3 nitrogen and oxygen atoms in total. The van der Waals surface area contributed by atoms with Crippen LogP contribution in [-0.2, 0) is 22.1 Å². The molecule has 2 aromatic carbocycles. The average Bonchev–Trinajstić information content (AvgIpc) is 2.61. The second kappa shape index (κ2) is 8.85. The first-order valence-corrected chi connectivity index (χ1v) is 8.32. The largest absolute Gasteiger partial charge is 0.416 e. The van der Waals surface area contributed by atoms with Crippen molar-refractivity contribution < 1.29 is 22.7 Å². The van der Waals surface area contributed by atoms with Crippen molar-refractivity contribution in [2.24, 2.45) is 0 Å². The summed E-state index contributed by atoms with van der Waals surface area (Å²) in [6.07, 6.45) is -4.01. The van der Waals surface area contributed by atoms with Gasteiger partial charge in [-0.05, 0) is 42.2 Å². The number of nitrogens with one attached hydrogen (secondary N) is 1. The van der Waals surface area contributed by atoms with Crippen LogP contribution in [0.25, 0.3) is 0 Å². The van der Waals surface area contributed by atoms with Crippen LogP contribution in [0.2, 0.25) is 0 Å². The lowest BCUT2D eigenvalue weighted by Crippen LogP contribution is -2.29. The van der Waals surface area contributed by atoms with Crippen LogP contribution >= 0.6 is 0 Å². The third-order valence-corrected chi connectivity index (χ3v) is 4.23. The zero-order valence-electron chi connectivity index (χ0n) is 14.8. The van der Waals surface area contributed by atoms with E-state index in [1.165, 1.54) is 12.1 Å². The number of carbonyl (C=O) groups is 1. The molecule has 0 heterocycles. The minimum atomic E-state index is -4.35. The van der Waals surface area contributed by atoms with E-state index in [4.69, 9.17) is 4.74 Å². The maximum atomic E-state index is 12.5. The molecule has 0 radical (unpaired) electrons. The van der Waals surface area contributed by atoms with E-state index in [0.717, 1.165) is 23.3 Å². The van der Waals surface area contributed by atoms with E-state index >= 15 is 0 Å². The van der Waals surface area contributed by atoms with Gasteiger partial charge in [0, 0.05) is 20.1 Å². The second-order valence-corrected chi connectivity index (χ2v) is 6.08. The molecule has 1 N–H and O–H groups in total. The van der Waals surface area contributed by atoms with Gasteiger partial charge in [-0.3, -0.25) is 4.79 Å². The summed E-state index contributed by atoms with van der Waals surface area (Å²) in [5.74, 6) is -0.166. The fourth-order valence-electron chi connectivity index (χ4n) is 2.68. The molecule has 26 heavy (non-hydrogen) atoms. The zero-order chi connectivity index (χ0) is 19.2. The topological polar surface area (TPSA) is 38.3 Å². The maximum Gasteiger partial charge on any atom is 0.416 e. The number of ether oxygens (including phenoxy) is 1. The van der Waals surface area contributed by atoms with Gasteiger partial charge in [-0.25, -0.2) is 0 Å². The van der Waals surface area contributed by atoms with Crippen molar-refractivity contribution in [2.75, 3.05) is 13.7 Å². The summed E-state index contributed by atoms with van der Waals surface area (Å²) in [7, 11) is 1.59. The van der Waals surface area contributed by atoms with Gasteiger partial charge < -0.3 is 10.1 Å². The van der Waals surface area contributed by atoms with Gasteiger partial charge in [0.1, 0.15) is 0 Å². The summed E-state index contributed by atoms with van der Waals surface area (Å²) in [4.78, 5) is 12.0. The fourth-order valence-corrected chi connectivity index (χ4v) is 2.68. The molecule has 0 fully saturated rings. The van der Waals surface area contributed by atoms with Crippen molar-refractivity contribution in [3.05, 3.63) is 70.8 Å². The minimum Gasteiger partial charge on any atom is -0.375 e. The summed E-state index contributed by atoms with van der Waals surface area (Å²) in [6, 6.07) is 12.7. The van der Waals surface area contributed by atoms with Gasteiger partial charge in [0.25, 0.3) is 0 Å². The molecule has 0 bridgehead atoms. The summed E-state index contributed by atoms with van der Waals surface area (Å²) < 4.78 is 43.1.